The van der Waals surface area contributed by atoms with Gasteiger partial charge in [-0.25, -0.2) is 0 Å². The molecule has 3 aliphatic carbocycles. The molecule has 1 aliphatic heterocycles. The van der Waals surface area contributed by atoms with Crippen molar-refractivity contribution >= 4 is 29.1 Å². The Morgan fingerprint density at radius 3 is 2.51 bits per heavy atom. The first-order valence-electron chi connectivity index (χ1n) is 13.9. The highest BCUT2D eigenvalue weighted by Gasteiger charge is 2.64. The molecule has 5 atom stereocenters. The van der Waals surface area contributed by atoms with Crippen LogP contribution in [0.25, 0.3) is 5.76 Å². The van der Waals surface area contributed by atoms with Crippen molar-refractivity contribution in [3.05, 3.63) is 45.2 Å². The second kappa shape index (κ2) is 10.3. The van der Waals surface area contributed by atoms with E-state index in [4.69, 9.17) is 5.73 Å². The van der Waals surface area contributed by atoms with Crippen LogP contribution in [0.2, 0.25) is 0 Å². The van der Waals surface area contributed by atoms with Crippen LogP contribution in [0.15, 0.2) is 23.0 Å². The van der Waals surface area contributed by atoms with Crippen LogP contribution in [-0.2, 0) is 20.8 Å². The van der Waals surface area contributed by atoms with Crippen LogP contribution < -0.4 is 16.4 Å². The van der Waals surface area contributed by atoms with Crippen molar-refractivity contribution in [1.82, 2.24) is 15.5 Å². The lowest BCUT2D eigenvalue weighted by atomic mass is 9.57. The van der Waals surface area contributed by atoms with E-state index in [9.17, 15) is 39.6 Å². The Morgan fingerprint density at radius 2 is 1.93 bits per heavy atom. The first-order chi connectivity index (χ1) is 19.4. The van der Waals surface area contributed by atoms with Crippen molar-refractivity contribution in [2.24, 2.45) is 17.6 Å². The summed E-state index contributed by atoms with van der Waals surface area (Å²) in [5.74, 6) is -7.60. The minimum Gasteiger partial charge on any atom is -0.508 e. The number of nitrogens with zero attached hydrogens (tertiary/aromatic N) is 1. The molecule has 1 unspecified atom stereocenters. The molecule has 0 bridgehead atoms. The van der Waals surface area contributed by atoms with E-state index < -0.39 is 58.0 Å². The van der Waals surface area contributed by atoms with Crippen LogP contribution in [0.1, 0.15) is 65.7 Å². The molecule has 0 spiro atoms. The Balaban J connectivity index is 1.73. The van der Waals surface area contributed by atoms with E-state index in [1.165, 1.54) is 11.0 Å². The fraction of sp³-hybridized carbons (Fsp3) is 0.517. The Kier molecular flexibility index (Phi) is 7.21. The monoisotopic (exact) mass is 568 g/mol. The fourth-order valence-corrected chi connectivity index (χ4v) is 7.17. The molecule has 0 radical (unpaired) electrons. The number of phenolic OH excluding ortho intramolecular Hbond substituents is 1. The van der Waals surface area contributed by atoms with Gasteiger partial charge in [-0.05, 0) is 75.9 Å². The summed E-state index contributed by atoms with van der Waals surface area (Å²) >= 11 is 0. The predicted octanol–water partition coefficient (Wildman–Crippen LogP) is 0.528. The number of benzene rings is 1. The number of Topliss-reactive ketones (excluding diaryl/α,β-unsaturated/α-hetero) is 2. The summed E-state index contributed by atoms with van der Waals surface area (Å²) in [6.45, 7) is 3.08. The van der Waals surface area contributed by atoms with Crippen LogP contribution >= 0.6 is 0 Å². The molecule has 12 nitrogen and oxygen atoms in total. The van der Waals surface area contributed by atoms with Gasteiger partial charge in [0.05, 0.1) is 11.6 Å². The molecule has 1 saturated carbocycles. The third-order valence-corrected chi connectivity index (χ3v) is 8.95. The molecular formula is C29H36N4O8. The quantitative estimate of drug-likeness (QED) is 0.237. The molecule has 2 amide bonds. The maximum atomic E-state index is 14.0. The number of hydrogen-bond acceptors (Lipinski definition) is 10. The lowest BCUT2D eigenvalue weighted by molar-refractivity contribution is -0.153. The summed E-state index contributed by atoms with van der Waals surface area (Å²) < 4.78 is 0. The van der Waals surface area contributed by atoms with Crippen molar-refractivity contribution in [3.8, 4) is 5.75 Å². The molecule has 8 N–H and O–H groups in total. The number of primary amides is 1. The molecule has 4 aliphatic rings. The highest BCUT2D eigenvalue weighted by atomic mass is 16.3. The zero-order chi connectivity index (χ0) is 30.0. The van der Waals surface area contributed by atoms with Gasteiger partial charge in [0.2, 0.25) is 5.78 Å². The molecule has 0 aromatic heterocycles. The summed E-state index contributed by atoms with van der Waals surface area (Å²) in [6, 6.07) is 0.0545. The second-order valence-corrected chi connectivity index (χ2v) is 11.6. The number of fused-ring (bicyclic) bond motifs is 3. The molecular weight excluding hydrogens is 532 g/mol. The van der Waals surface area contributed by atoms with Gasteiger partial charge in [0.1, 0.15) is 22.8 Å². The number of hydrogen-bond donors (Lipinski definition) is 7. The summed E-state index contributed by atoms with van der Waals surface area (Å²) in [7, 11) is 3.09. The van der Waals surface area contributed by atoms with E-state index in [1.54, 1.807) is 14.1 Å². The molecule has 2 fully saturated rings. The number of carbonyl (C=O) groups is 4. The van der Waals surface area contributed by atoms with Crippen LogP contribution in [0.4, 0.5) is 0 Å². The maximum absolute atomic E-state index is 14.0. The maximum Gasteiger partial charge on any atom is 0.255 e. The van der Waals surface area contributed by atoms with Crippen molar-refractivity contribution < 1.29 is 39.6 Å². The van der Waals surface area contributed by atoms with Gasteiger partial charge in [-0.2, -0.15) is 0 Å². The minimum atomic E-state index is -2.71. The number of aliphatic hydroxyl groups is 3. The highest BCUT2D eigenvalue weighted by Crippen LogP contribution is 2.53. The average molecular weight is 569 g/mol. The van der Waals surface area contributed by atoms with Gasteiger partial charge in [-0.3, -0.25) is 24.1 Å². The number of nitrogens with two attached hydrogens (primary N) is 1. The number of carbonyl (C=O) groups excluding carboxylic acids is 4. The SMILES string of the molecule is CCCNC(=O)c1c(C2CCCN2)cc(O)c2c1C[C@H]1C[C@H]3[C@H](N(C)C)C(=O)C(C(N)=O)=C(O)[C@@]3(O)C(=O)C1=C2O. The largest absolute Gasteiger partial charge is 0.508 e. The molecule has 220 valence electrons. The van der Waals surface area contributed by atoms with Gasteiger partial charge in [0.15, 0.2) is 11.4 Å². The predicted molar refractivity (Wildman–Crippen MR) is 147 cm³/mol. The minimum absolute atomic E-state index is 0.0472. The number of ketones is 2. The molecule has 1 saturated heterocycles. The van der Waals surface area contributed by atoms with E-state index in [2.05, 4.69) is 10.6 Å². The van der Waals surface area contributed by atoms with Gasteiger partial charge in [0.25, 0.3) is 11.8 Å². The zero-order valence-corrected chi connectivity index (χ0v) is 23.3. The Morgan fingerprint density at radius 1 is 1.22 bits per heavy atom. The third-order valence-electron chi connectivity index (χ3n) is 8.95. The van der Waals surface area contributed by atoms with Crippen molar-refractivity contribution in [2.45, 2.75) is 56.7 Å². The summed E-state index contributed by atoms with van der Waals surface area (Å²) in [4.78, 5) is 54.4. The van der Waals surface area contributed by atoms with Crippen molar-refractivity contribution in [3.63, 3.8) is 0 Å². The van der Waals surface area contributed by atoms with Crippen LogP contribution in [0, 0.1) is 11.8 Å². The lowest BCUT2D eigenvalue weighted by Crippen LogP contribution is -2.65. The fourth-order valence-electron chi connectivity index (χ4n) is 7.17. The number of nitrogens with one attached hydrogen (secondary N) is 2. The van der Waals surface area contributed by atoms with E-state index in [0.717, 1.165) is 19.4 Å². The third kappa shape index (κ3) is 4.15. The number of phenols is 1. The van der Waals surface area contributed by atoms with Crippen LogP contribution in [0.5, 0.6) is 5.75 Å². The average Bonchev–Trinajstić information content (AvgIpc) is 3.43. The van der Waals surface area contributed by atoms with E-state index in [0.29, 0.717) is 29.7 Å². The van der Waals surface area contributed by atoms with Crippen LogP contribution in [-0.4, -0.2) is 87.5 Å². The molecule has 41 heavy (non-hydrogen) atoms. The van der Waals surface area contributed by atoms with Crippen molar-refractivity contribution in [1.29, 1.82) is 0 Å². The summed E-state index contributed by atoms with van der Waals surface area (Å²) in [5.41, 5.74) is 2.72. The Labute approximate surface area is 236 Å². The Hall–Kier alpha value is -3.74. The molecule has 12 heteroatoms. The van der Waals surface area contributed by atoms with Gasteiger partial charge < -0.3 is 36.8 Å². The smallest absolute Gasteiger partial charge is 0.255 e. The standard InChI is InChI=1S/C29H36N4O8/c1-4-7-32-28(40)19-13(16-6-5-8-31-16)11-17(34)20-14(19)9-12-10-15-22(33(2)3)24(36)21(27(30)39)26(38)29(15,41)25(37)18(12)23(20)35/h11-12,15-16,22,31,34-35,38,41H,4-10H2,1-3H3,(H2,30,39)(H,32,40)/t12-,15-,16?,22-,29-/m0/s1. The normalized spacial score (nSPS) is 29.4. The topological polar surface area (TPSA) is 203 Å². The molecule has 1 aromatic rings. The number of rotatable bonds is 6. The van der Waals surface area contributed by atoms with Gasteiger partial charge in [-0.15, -0.1) is 0 Å². The van der Waals surface area contributed by atoms with Gasteiger partial charge in [0, 0.05) is 29.6 Å². The number of aromatic hydroxyl groups is 1. The lowest BCUT2D eigenvalue weighted by Gasteiger charge is -2.50. The highest BCUT2D eigenvalue weighted by molar-refractivity contribution is 6.24. The first kappa shape index (κ1) is 28.8. The van der Waals surface area contributed by atoms with Crippen LogP contribution in [0.3, 0.4) is 0 Å². The second-order valence-electron chi connectivity index (χ2n) is 11.6. The summed E-state index contributed by atoms with van der Waals surface area (Å²) in [6.07, 6.45) is 2.33. The number of likely N-dealkylation sites (N-methyl/N-ethyl adjacent to an activating group) is 1. The number of amides is 2. The van der Waals surface area contributed by atoms with Gasteiger partial charge >= 0.3 is 0 Å². The Bertz CT molecular complexity index is 1420. The summed E-state index contributed by atoms with van der Waals surface area (Å²) in [5, 5.41) is 51.6. The molecule has 1 heterocycles. The zero-order valence-electron chi connectivity index (χ0n) is 23.3. The first-order valence-corrected chi connectivity index (χ1v) is 13.9. The molecule has 5 rings (SSSR count). The van der Waals surface area contributed by atoms with Crippen molar-refractivity contribution in [2.75, 3.05) is 27.2 Å². The van der Waals surface area contributed by atoms with E-state index >= 15 is 0 Å². The van der Waals surface area contributed by atoms with E-state index in [-0.39, 0.29) is 41.7 Å². The van der Waals surface area contributed by atoms with E-state index in [1.807, 2.05) is 6.92 Å². The number of aliphatic hydroxyl groups excluding tert-OH is 2. The molecule has 1 aromatic carbocycles. The van der Waals surface area contributed by atoms with Gasteiger partial charge in [-0.1, -0.05) is 6.92 Å².